The monoisotopic (exact) mass is 316 g/mol. The molecular formula is C13H25BrN4. The fourth-order valence-electron chi connectivity index (χ4n) is 1.99. The number of nitrogens with two attached hydrogens (primary N) is 1. The lowest BCUT2D eigenvalue weighted by Crippen LogP contribution is -2.29. The van der Waals surface area contributed by atoms with Crippen molar-refractivity contribution in [1.82, 2.24) is 14.7 Å². The molecule has 0 aliphatic carbocycles. The maximum Gasteiger partial charge on any atom is 0.0766 e. The van der Waals surface area contributed by atoms with Gasteiger partial charge in [0.15, 0.2) is 0 Å². The zero-order chi connectivity index (χ0) is 13.7. The molecule has 1 aromatic heterocycles. The molecular weight excluding hydrogens is 292 g/mol. The maximum absolute atomic E-state index is 6.21. The summed E-state index contributed by atoms with van der Waals surface area (Å²) in [7, 11) is 4.15. The molecule has 104 valence electrons. The van der Waals surface area contributed by atoms with E-state index in [1.165, 1.54) is 5.69 Å². The number of hydrogen-bond donors (Lipinski definition) is 1. The van der Waals surface area contributed by atoms with Crippen LogP contribution in [0.2, 0.25) is 0 Å². The van der Waals surface area contributed by atoms with Crippen molar-refractivity contribution in [3.8, 4) is 0 Å². The van der Waals surface area contributed by atoms with Crippen molar-refractivity contribution in [1.29, 1.82) is 0 Å². The first-order valence-electron chi connectivity index (χ1n) is 6.63. The first-order valence-corrected chi connectivity index (χ1v) is 7.43. The zero-order valence-corrected chi connectivity index (χ0v) is 13.5. The van der Waals surface area contributed by atoms with Gasteiger partial charge in [-0.15, -0.1) is 0 Å². The van der Waals surface area contributed by atoms with Gasteiger partial charge in [-0.3, -0.25) is 4.68 Å². The average molecular weight is 317 g/mol. The molecule has 18 heavy (non-hydrogen) atoms. The minimum absolute atomic E-state index is 0.190. The Hall–Kier alpha value is -0.390. The predicted molar refractivity (Wildman–Crippen MR) is 79.8 cm³/mol. The zero-order valence-electron chi connectivity index (χ0n) is 11.9. The second-order valence-electron chi connectivity index (χ2n) is 4.93. The quantitative estimate of drug-likeness (QED) is 0.837. The molecule has 0 bridgehead atoms. The Balaban J connectivity index is 2.73. The highest BCUT2D eigenvalue weighted by Crippen LogP contribution is 2.23. The van der Waals surface area contributed by atoms with Crippen molar-refractivity contribution < 1.29 is 0 Å². The predicted octanol–water partition coefficient (Wildman–Crippen LogP) is 2.05. The summed E-state index contributed by atoms with van der Waals surface area (Å²) < 4.78 is 3.21. The minimum atomic E-state index is 0.190. The Labute approximate surface area is 119 Å². The molecule has 4 nitrogen and oxygen atoms in total. The highest BCUT2D eigenvalue weighted by Gasteiger charge is 2.16. The Bertz CT molecular complexity index is 373. The molecule has 1 rings (SSSR count). The standard InChI is InChI=1S/C13H25BrN4/c1-5-11-13(14)12(18(6-2)16-11)9-10(15)7-8-17(3)4/h10H,5-9,15H2,1-4H3. The molecule has 0 amide bonds. The molecule has 0 saturated heterocycles. The van der Waals surface area contributed by atoms with E-state index in [0.717, 1.165) is 42.5 Å². The summed E-state index contributed by atoms with van der Waals surface area (Å²) in [6.07, 6.45) is 2.85. The Morgan fingerprint density at radius 2 is 2.06 bits per heavy atom. The Morgan fingerprint density at radius 3 is 2.56 bits per heavy atom. The first kappa shape index (κ1) is 15.7. The van der Waals surface area contributed by atoms with Crippen LogP contribution in [0.25, 0.3) is 0 Å². The summed E-state index contributed by atoms with van der Waals surface area (Å²) in [5.74, 6) is 0. The number of aromatic nitrogens is 2. The SMILES string of the molecule is CCc1nn(CC)c(CC(N)CCN(C)C)c1Br. The topological polar surface area (TPSA) is 47.1 Å². The van der Waals surface area contributed by atoms with Crippen molar-refractivity contribution in [2.45, 2.75) is 45.7 Å². The second kappa shape index (κ2) is 7.26. The number of aryl methyl sites for hydroxylation is 2. The van der Waals surface area contributed by atoms with Gasteiger partial charge in [-0.1, -0.05) is 6.92 Å². The average Bonchev–Trinajstić information content (AvgIpc) is 2.63. The number of rotatable bonds is 7. The molecule has 0 aliphatic heterocycles. The van der Waals surface area contributed by atoms with Crippen LogP contribution in [0.4, 0.5) is 0 Å². The minimum Gasteiger partial charge on any atom is -0.327 e. The van der Waals surface area contributed by atoms with Gasteiger partial charge in [0.05, 0.1) is 15.9 Å². The summed E-state index contributed by atoms with van der Waals surface area (Å²) in [6.45, 7) is 6.17. The Morgan fingerprint density at radius 1 is 1.39 bits per heavy atom. The van der Waals surface area contributed by atoms with E-state index in [-0.39, 0.29) is 6.04 Å². The fourth-order valence-corrected chi connectivity index (χ4v) is 2.71. The van der Waals surface area contributed by atoms with E-state index in [0.29, 0.717) is 0 Å². The highest BCUT2D eigenvalue weighted by atomic mass is 79.9. The van der Waals surface area contributed by atoms with Gasteiger partial charge in [-0.05, 0) is 56.3 Å². The molecule has 0 aliphatic rings. The van der Waals surface area contributed by atoms with Crippen LogP contribution in [0.1, 0.15) is 31.7 Å². The fraction of sp³-hybridized carbons (Fsp3) is 0.769. The van der Waals surface area contributed by atoms with Gasteiger partial charge in [0, 0.05) is 19.0 Å². The van der Waals surface area contributed by atoms with Crippen molar-refractivity contribution >= 4 is 15.9 Å². The third-order valence-electron chi connectivity index (χ3n) is 3.10. The largest absolute Gasteiger partial charge is 0.327 e. The van der Waals surface area contributed by atoms with Crippen LogP contribution in [-0.2, 0) is 19.4 Å². The van der Waals surface area contributed by atoms with Crippen molar-refractivity contribution in [3.05, 3.63) is 15.9 Å². The molecule has 2 N–H and O–H groups in total. The van der Waals surface area contributed by atoms with Gasteiger partial charge in [-0.25, -0.2) is 0 Å². The molecule has 1 aromatic rings. The summed E-state index contributed by atoms with van der Waals surface area (Å²) in [4.78, 5) is 2.17. The van der Waals surface area contributed by atoms with Crippen LogP contribution < -0.4 is 5.73 Å². The summed E-state index contributed by atoms with van der Waals surface area (Å²) in [5.41, 5.74) is 8.58. The van der Waals surface area contributed by atoms with Crippen molar-refractivity contribution in [2.24, 2.45) is 5.73 Å². The van der Waals surface area contributed by atoms with Crippen LogP contribution in [-0.4, -0.2) is 41.4 Å². The third-order valence-corrected chi connectivity index (χ3v) is 4.01. The van der Waals surface area contributed by atoms with E-state index < -0.39 is 0 Å². The summed E-state index contributed by atoms with van der Waals surface area (Å²) in [6, 6.07) is 0.190. The molecule has 0 radical (unpaired) electrons. The van der Waals surface area contributed by atoms with Gasteiger partial charge in [0.2, 0.25) is 0 Å². The normalized spacial score (nSPS) is 13.3. The number of halogens is 1. The lowest BCUT2D eigenvalue weighted by atomic mass is 10.1. The lowest BCUT2D eigenvalue weighted by Gasteiger charge is -2.16. The van der Waals surface area contributed by atoms with Crippen LogP contribution >= 0.6 is 15.9 Å². The van der Waals surface area contributed by atoms with Crippen LogP contribution in [0.3, 0.4) is 0 Å². The van der Waals surface area contributed by atoms with E-state index in [2.05, 4.69) is 58.6 Å². The molecule has 0 fully saturated rings. The number of nitrogens with zero attached hydrogens (tertiary/aromatic N) is 3. The van der Waals surface area contributed by atoms with E-state index in [4.69, 9.17) is 5.73 Å². The molecule has 0 spiro atoms. The smallest absolute Gasteiger partial charge is 0.0766 e. The lowest BCUT2D eigenvalue weighted by molar-refractivity contribution is 0.377. The van der Waals surface area contributed by atoms with Gasteiger partial charge in [-0.2, -0.15) is 5.10 Å². The van der Waals surface area contributed by atoms with Crippen LogP contribution in [0.15, 0.2) is 4.47 Å². The second-order valence-corrected chi connectivity index (χ2v) is 5.73. The summed E-state index contributed by atoms with van der Waals surface area (Å²) in [5, 5.41) is 4.60. The molecule has 1 heterocycles. The molecule has 0 saturated carbocycles. The van der Waals surface area contributed by atoms with Gasteiger partial charge < -0.3 is 10.6 Å². The van der Waals surface area contributed by atoms with Gasteiger partial charge >= 0.3 is 0 Å². The van der Waals surface area contributed by atoms with Crippen molar-refractivity contribution in [3.63, 3.8) is 0 Å². The van der Waals surface area contributed by atoms with Gasteiger partial charge in [0.1, 0.15) is 0 Å². The molecule has 0 aromatic carbocycles. The molecule has 1 atom stereocenters. The molecule has 5 heteroatoms. The van der Waals surface area contributed by atoms with Crippen LogP contribution in [0, 0.1) is 0 Å². The Kier molecular flexibility index (Phi) is 6.32. The number of hydrogen-bond acceptors (Lipinski definition) is 3. The molecule has 1 unspecified atom stereocenters. The van der Waals surface area contributed by atoms with Crippen LogP contribution in [0.5, 0.6) is 0 Å². The maximum atomic E-state index is 6.21. The van der Waals surface area contributed by atoms with Gasteiger partial charge in [0.25, 0.3) is 0 Å². The van der Waals surface area contributed by atoms with E-state index in [1.807, 2.05) is 0 Å². The van der Waals surface area contributed by atoms with E-state index in [9.17, 15) is 0 Å². The third kappa shape index (κ3) is 4.07. The summed E-state index contributed by atoms with van der Waals surface area (Å²) >= 11 is 3.66. The highest BCUT2D eigenvalue weighted by molar-refractivity contribution is 9.10. The first-order chi connectivity index (χ1) is 8.49. The van der Waals surface area contributed by atoms with Crippen molar-refractivity contribution in [2.75, 3.05) is 20.6 Å². The van der Waals surface area contributed by atoms with E-state index in [1.54, 1.807) is 0 Å². The van der Waals surface area contributed by atoms with E-state index >= 15 is 0 Å².